The van der Waals surface area contributed by atoms with Crippen molar-refractivity contribution in [2.45, 2.75) is 13.8 Å². The summed E-state index contributed by atoms with van der Waals surface area (Å²) >= 11 is 0. The van der Waals surface area contributed by atoms with Crippen LogP contribution >= 0.6 is 0 Å². The Morgan fingerprint density at radius 3 is 2.19 bits per heavy atom. The molecule has 1 amide bonds. The summed E-state index contributed by atoms with van der Waals surface area (Å²) in [5.74, 6) is -1.07. The van der Waals surface area contributed by atoms with Gasteiger partial charge in [-0.3, -0.25) is 4.79 Å². The number of hydrogen-bond donors (Lipinski definition) is 2. The van der Waals surface area contributed by atoms with Crippen molar-refractivity contribution in [2.75, 3.05) is 5.32 Å². The van der Waals surface area contributed by atoms with E-state index in [2.05, 4.69) is 5.32 Å². The second-order valence-electron chi connectivity index (χ2n) is 3.44. The first-order chi connectivity index (χ1) is 7.49. The lowest BCUT2D eigenvalue weighted by Crippen LogP contribution is -2.05. The van der Waals surface area contributed by atoms with Crippen molar-refractivity contribution >= 4 is 23.6 Å². The van der Waals surface area contributed by atoms with Gasteiger partial charge in [-0.2, -0.15) is 0 Å². The molecule has 16 heavy (non-hydrogen) atoms. The monoisotopic (exact) mass is 219 g/mol. The predicted octanol–water partition coefficient (Wildman–Crippen LogP) is 2.13. The van der Waals surface area contributed by atoms with Crippen molar-refractivity contribution in [3.63, 3.8) is 0 Å². The molecule has 0 saturated heterocycles. The molecule has 4 heteroatoms. The molecule has 0 aliphatic rings. The summed E-state index contributed by atoms with van der Waals surface area (Å²) in [5.41, 5.74) is 1.75. The number of aliphatic carboxylic acids is 1. The molecule has 1 aromatic carbocycles. The van der Waals surface area contributed by atoms with Crippen LogP contribution in [0.2, 0.25) is 0 Å². The third kappa shape index (κ3) is 3.57. The molecule has 4 nitrogen and oxygen atoms in total. The molecule has 0 aromatic heterocycles. The predicted molar refractivity (Wildman–Crippen MR) is 62.0 cm³/mol. The number of carbonyl (C=O) groups is 2. The summed E-state index contributed by atoms with van der Waals surface area (Å²) in [4.78, 5) is 21.4. The Balaban J connectivity index is 2.83. The lowest BCUT2D eigenvalue weighted by molar-refractivity contribution is -0.132. The molecular weight excluding hydrogens is 206 g/mol. The number of carboxylic acid groups (broad SMARTS) is 1. The Hall–Kier alpha value is -2.10. The molecule has 1 rings (SSSR count). The number of anilines is 1. The van der Waals surface area contributed by atoms with Crippen molar-refractivity contribution < 1.29 is 14.7 Å². The van der Waals surface area contributed by atoms with Gasteiger partial charge in [0.1, 0.15) is 0 Å². The highest BCUT2D eigenvalue weighted by molar-refractivity contribution is 5.92. The van der Waals surface area contributed by atoms with Gasteiger partial charge < -0.3 is 10.4 Å². The minimum atomic E-state index is -0.939. The summed E-state index contributed by atoms with van der Waals surface area (Å²) in [7, 11) is 0. The van der Waals surface area contributed by atoms with E-state index < -0.39 is 5.97 Å². The molecule has 0 aliphatic carbocycles. The smallest absolute Gasteiger partial charge is 0.331 e. The molecular formula is C12H13NO3. The Morgan fingerprint density at radius 1 is 1.19 bits per heavy atom. The van der Waals surface area contributed by atoms with Crippen LogP contribution in [0.15, 0.2) is 29.8 Å². The van der Waals surface area contributed by atoms with Crippen LogP contribution in [-0.4, -0.2) is 17.0 Å². The standard InChI is InChI=1S/C12H13NO3/c1-8(12(15)16)7-10-3-5-11(6-4-10)13-9(2)14/h3-7H,1-2H3,(H,13,14)(H,15,16)/b8-7+. The topological polar surface area (TPSA) is 66.4 Å². The lowest BCUT2D eigenvalue weighted by Gasteiger charge is -2.02. The van der Waals surface area contributed by atoms with Gasteiger partial charge in [-0.05, 0) is 30.7 Å². The summed E-state index contributed by atoms with van der Waals surface area (Å²) in [6.45, 7) is 2.96. The first-order valence-electron chi connectivity index (χ1n) is 4.78. The molecule has 84 valence electrons. The number of rotatable bonds is 3. The van der Waals surface area contributed by atoms with E-state index >= 15 is 0 Å². The quantitative estimate of drug-likeness (QED) is 0.765. The fourth-order valence-electron chi connectivity index (χ4n) is 1.18. The fourth-order valence-corrected chi connectivity index (χ4v) is 1.18. The van der Waals surface area contributed by atoms with Crippen LogP contribution in [0.5, 0.6) is 0 Å². The molecule has 0 bridgehead atoms. The van der Waals surface area contributed by atoms with E-state index in [0.29, 0.717) is 5.69 Å². The van der Waals surface area contributed by atoms with E-state index in [1.807, 2.05) is 0 Å². The Bertz CT molecular complexity index is 432. The SMILES string of the molecule is CC(=O)Nc1ccc(/C=C(\C)C(=O)O)cc1. The first-order valence-corrected chi connectivity index (χ1v) is 4.78. The normalized spacial score (nSPS) is 11.0. The zero-order valence-corrected chi connectivity index (χ0v) is 9.15. The van der Waals surface area contributed by atoms with Crippen molar-refractivity contribution in [1.82, 2.24) is 0 Å². The highest BCUT2D eigenvalue weighted by Gasteiger charge is 2.00. The fraction of sp³-hybridized carbons (Fsp3) is 0.167. The van der Waals surface area contributed by atoms with E-state index in [9.17, 15) is 9.59 Å². The molecule has 0 unspecified atom stereocenters. The second kappa shape index (κ2) is 5.11. The van der Waals surface area contributed by atoms with Gasteiger partial charge in [-0.15, -0.1) is 0 Å². The third-order valence-corrected chi connectivity index (χ3v) is 1.95. The van der Waals surface area contributed by atoms with Crippen molar-refractivity contribution in [1.29, 1.82) is 0 Å². The average molecular weight is 219 g/mol. The lowest BCUT2D eigenvalue weighted by atomic mass is 10.1. The van der Waals surface area contributed by atoms with Crippen LogP contribution in [0, 0.1) is 0 Å². The summed E-state index contributed by atoms with van der Waals surface area (Å²) in [6.07, 6.45) is 1.57. The molecule has 0 radical (unpaired) electrons. The van der Waals surface area contributed by atoms with Crippen LogP contribution in [0.25, 0.3) is 6.08 Å². The Morgan fingerprint density at radius 2 is 1.75 bits per heavy atom. The molecule has 0 atom stereocenters. The van der Waals surface area contributed by atoms with Gasteiger partial charge in [0.05, 0.1) is 0 Å². The number of benzene rings is 1. The van der Waals surface area contributed by atoms with Crippen molar-refractivity contribution in [3.8, 4) is 0 Å². The van der Waals surface area contributed by atoms with Crippen molar-refractivity contribution in [2.24, 2.45) is 0 Å². The number of amides is 1. The number of carboxylic acids is 1. The number of carbonyl (C=O) groups excluding carboxylic acids is 1. The molecule has 0 saturated carbocycles. The van der Waals surface area contributed by atoms with Crippen LogP contribution in [-0.2, 0) is 9.59 Å². The van der Waals surface area contributed by atoms with Gasteiger partial charge in [0.15, 0.2) is 0 Å². The average Bonchev–Trinajstić information content (AvgIpc) is 2.20. The zero-order valence-electron chi connectivity index (χ0n) is 9.15. The molecule has 0 heterocycles. The molecule has 1 aromatic rings. The minimum absolute atomic E-state index is 0.134. The maximum atomic E-state index is 10.8. The number of hydrogen-bond acceptors (Lipinski definition) is 2. The molecule has 2 N–H and O–H groups in total. The maximum absolute atomic E-state index is 10.8. The zero-order chi connectivity index (χ0) is 12.1. The largest absolute Gasteiger partial charge is 0.478 e. The number of nitrogens with one attached hydrogen (secondary N) is 1. The highest BCUT2D eigenvalue weighted by Crippen LogP contribution is 2.12. The Kier molecular flexibility index (Phi) is 3.83. The van der Waals surface area contributed by atoms with Gasteiger partial charge in [0.2, 0.25) is 5.91 Å². The second-order valence-corrected chi connectivity index (χ2v) is 3.44. The summed E-state index contributed by atoms with van der Waals surface area (Å²) < 4.78 is 0. The molecule has 0 aliphatic heterocycles. The van der Waals surface area contributed by atoms with E-state index in [1.165, 1.54) is 13.8 Å². The highest BCUT2D eigenvalue weighted by atomic mass is 16.4. The van der Waals surface area contributed by atoms with Crippen LogP contribution in [0.3, 0.4) is 0 Å². The van der Waals surface area contributed by atoms with Gasteiger partial charge in [0, 0.05) is 18.2 Å². The molecule has 0 spiro atoms. The van der Waals surface area contributed by atoms with E-state index in [0.717, 1.165) is 5.56 Å². The van der Waals surface area contributed by atoms with Crippen LogP contribution in [0.1, 0.15) is 19.4 Å². The van der Waals surface area contributed by atoms with Gasteiger partial charge in [-0.1, -0.05) is 12.1 Å². The van der Waals surface area contributed by atoms with Gasteiger partial charge in [-0.25, -0.2) is 4.79 Å². The van der Waals surface area contributed by atoms with E-state index in [4.69, 9.17) is 5.11 Å². The first kappa shape index (κ1) is 12.0. The molecule has 0 fully saturated rings. The van der Waals surface area contributed by atoms with E-state index in [1.54, 1.807) is 30.3 Å². The minimum Gasteiger partial charge on any atom is -0.478 e. The summed E-state index contributed by atoms with van der Waals surface area (Å²) in [5, 5.41) is 11.3. The Labute approximate surface area is 93.6 Å². The van der Waals surface area contributed by atoms with Gasteiger partial charge in [0.25, 0.3) is 0 Å². The third-order valence-electron chi connectivity index (χ3n) is 1.95. The van der Waals surface area contributed by atoms with Crippen LogP contribution < -0.4 is 5.32 Å². The van der Waals surface area contributed by atoms with Gasteiger partial charge >= 0.3 is 5.97 Å². The van der Waals surface area contributed by atoms with Crippen LogP contribution in [0.4, 0.5) is 5.69 Å². The maximum Gasteiger partial charge on any atom is 0.331 e. The summed E-state index contributed by atoms with van der Waals surface area (Å²) in [6, 6.07) is 6.94. The van der Waals surface area contributed by atoms with E-state index in [-0.39, 0.29) is 11.5 Å². The van der Waals surface area contributed by atoms with Crippen molar-refractivity contribution in [3.05, 3.63) is 35.4 Å².